The van der Waals surface area contributed by atoms with Crippen molar-refractivity contribution in [3.8, 4) is 0 Å². The summed E-state index contributed by atoms with van der Waals surface area (Å²) >= 11 is 0. The summed E-state index contributed by atoms with van der Waals surface area (Å²) in [7, 11) is 0. The van der Waals surface area contributed by atoms with Crippen molar-refractivity contribution in [3.63, 3.8) is 0 Å². The highest BCUT2D eigenvalue weighted by Gasteiger charge is 2.19. The van der Waals surface area contributed by atoms with Crippen molar-refractivity contribution in [2.75, 3.05) is 13.2 Å². The van der Waals surface area contributed by atoms with Crippen LogP contribution in [-0.4, -0.2) is 37.2 Å². The molecule has 0 heterocycles. The molecule has 0 aromatic rings. The molecule has 0 aliphatic heterocycles. The summed E-state index contributed by atoms with van der Waals surface area (Å²) in [5.41, 5.74) is 0. The number of carbonyl (C=O) groups is 3. The van der Waals surface area contributed by atoms with Crippen LogP contribution in [0.3, 0.4) is 0 Å². The van der Waals surface area contributed by atoms with Crippen molar-refractivity contribution in [1.82, 2.24) is 0 Å². The van der Waals surface area contributed by atoms with Crippen LogP contribution in [0.2, 0.25) is 0 Å². The van der Waals surface area contributed by atoms with E-state index in [2.05, 4.69) is 203 Å². The van der Waals surface area contributed by atoms with Gasteiger partial charge in [-0.15, -0.1) is 0 Å². The van der Waals surface area contributed by atoms with Crippen LogP contribution < -0.4 is 0 Å². The molecule has 0 spiro atoms. The van der Waals surface area contributed by atoms with Crippen LogP contribution >= 0.6 is 0 Å². The number of esters is 3. The molecule has 1 unspecified atom stereocenters. The summed E-state index contributed by atoms with van der Waals surface area (Å²) in [6.45, 7) is 6.30. The molecular weight excluding hydrogens is 1010 g/mol. The average molecular weight is 1130 g/mol. The Bertz CT molecular complexity index is 1920. The van der Waals surface area contributed by atoms with E-state index < -0.39 is 6.10 Å². The quantitative estimate of drug-likeness (QED) is 0.0261. The lowest BCUT2D eigenvalue weighted by Gasteiger charge is -2.18. The Morgan fingerprint density at radius 2 is 0.476 bits per heavy atom. The Morgan fingerprint density at radius 1 is 0.256 bits per heavy atom. The van der Waals surface area contributed by atoms with Crippen molar-refractivity contribution < 1.29 is 28.6 Å². The standard InChI is InChI=1S/C76H118O6/c1-4-7-10-13-16-19-22-25-28-30-32-34-35-36-37-38-39-40-41-43-44-46-48-51-54-57-60-63-66-69-75(78)81-72-73(71-80-74(77)68-65-62-59-56-53-50-27-24-21-18-15-12-9-6-3)82-76(79)70-67-64-61-58-55-52-49-47-45-42-33-31-29-26-23-20-17-14-11-8-5-2/h7-8,10-11,15-20,24-29,32-34,36-37,39-40,42-44,47,49,55,58,73H,4-6,9,12-14,21-23,30-31,35,38,41,45-46,48,50-54,56-57,59-72H2,1-3H3/b10-7-,11-8-,18-15-,19-16-,20-17-,27-24-,28-25-,29-26-,34-32-,37-36-,40-39-,42-33-,44-43-,49-47-,58-55-. The Morgan fingerprint density at radius 3 is 0.768 bits per heavy atom. The first-order valence-electron chi connectivity index (χ1n) is 32.8. The number of hydrogen-bond acceptors (Lipinski definition) is 6. The van der Waals surface area contributed by atoms with E-state index in [9.17, 15) is 14.4 Å². The van der Waals surface area contributed by atoms with Crippen LogP contribution in [0.25, 0.3) is 0 Å². The smallest absolute Gasteiger partial charge is 0.306 e. The van der Waals surface area contributed by atoms with E-state index in [0.29, 0.717) is 19.3 Å². The Kier molecular flexibility index (Phi) is 63.5. The topological polar surface area (TPSA) is 78.9 Å². The molecule has 0 aliphatic carbocycles. The molecule has 82 heavy (non-hydrogen) atoms. The number of hydrogen-bond donors (Lipinski definition) is 0. The second kappa shape index (κ2) is 68.0. The molecule has 0 saturated heterocycles. The molecule has 458 valence electrons. The zero-order valence-corrected chi connectivity index (χ0v) is 52.4. The molecule has 0 saturated carbocycles. The summed E-state index contributed by atoms with van der Waals surface area (Å²) in [5, 5.41) is 0. The number of unbranched alkanes of at least 4 members (excludes halogenated alkanes) is 16. The van der Waals surface area contributed by atoms with Gasteiger partial charge in [0.1, 0.15) is 13.2 Å². The van der Waals surface area contributed by atoms with Gasteiger partial charge in [-0.3, -0.25) is 14.4 Å². The molecule has 6 nitrogen and oxygen atoms in total. The first-order valence-corrected chi connectivity index (χ1v) is 32.8. The molecule has 0 aromatic carbocycles. The lowest BCUT2D eigenvalue weighted by molar-refractivity contribution is -0.167. The molecule has 0 aliphatic rings. The molecule has 1 atom stereocenters. The number of carbonyl (C=O) groups excluding carboxylic acids is 3. The van der Waals surface area contributed by atoms with E-state index in [1.54, 1.807) is 0 Å². The fourth-order valence-corrected chi connectivity index (χ4v) is 8.26. The third-order valence-corrected chi connectivity index (χ3v) is 13.1. The lowest BCUT2D eigenvalue weighted by atomic mass is 10.1. The van der Waals surface area contributed by atoms with Crippen molar-refractivity contribution >= 4 is 17.9 Å². The summed E-state index contributed by atoms with van der Waals surface area (Å²) in [5.74, 6) is -0.989. The predicted molar refractivity (Wildman–Crippen MR) is 357 cm³/mol. The maximum absolute atomic E-state index is 12.9. The molecule has 0 radical (unpaired) electrons. The van der Waals surface area contributed by atoms with Gasteiger partial charge in [-0.2, -0.15) is 0 Å². The summed E-state index contributed by atoms with van der Waals surface area (Å²) in [6.07, 6.45) is 102. The largest absolute Gasteiger partial charge is 0.462 e. The first kappa shape index (κ1) is 76.5. The summed E-state index contributed by atoms with van der Waals surface area (Å²) in [6, 6.07) is 0. The van der Waals surface area contributed by atoms with Crippen LogP contribution in [0.15, 0.2) is 182 Å². The zero-order chi connectivity index (χ0) is 59.2. The zero-order valence-electron chi connectivity index (χ0n) is 52.4. The van der Waals surface area contributed by atoms with Gasteiger partial charge in [-0.05, 0) is 154 Å². The fraction of sp³-hybridized carbons (Fsp3) is 0.566. The van der Waals surface area contributed by atoms with E-state index in [0.717, 1.165) is 173 Å². The maximum atomic E-state index is 12.9. The van der Waals surface area contributed by atoms with E-state index in [1.807, 2.05) is 0 Å². The Labute approximate surface area is 504 Å². The third kappa shape index (κ3) is 65.3. The van der Waals surface area contributed by atoms with Crippen molar-refractivity contribution in [2.45, 2.75) is 264 Å². The van der Waals surface area contributed by atoms with Gasteiger partial charge in [0.2, 0.25) is 0 Å². The second-order valence-electron chi connectivity index (χ2n) is 20.9. The molecule has 6 heteroatoms. The highest BCUT2D eigenvalue weighted by Crippen LogP contribution is 2.13. The van der Waals surface area contributed by atoms with Crippen LogP contribution in [-0.2, 0) is 28.6 Å². The van der Waals surface area contributed by atoms with Gasteiger partial charge < -0.3 is 14.2 Å². The second-order valence-corrected chi connectivity index (χ2v) is 20.9. The molecule has 0 bridgehead atoms. The highest BCUT2D eigenvalue weighted by atomic mass is 16.6. The van der Waals surface area contributed by atoms with Gasteiger partial charge in [-0.1, -0.05) is 267 Å². The molecule has 0 fully saturated rings. The van der Waals surface area contributed by atoms with Crippen LogP contribution in [0.5, 0.6) is 0 Å². The Balaban J connectivity index is 4.47. The van der Waals surface area contributed by atoms with E-state index in [1.165, 1.54) is 38.5 Å². The van der Waals surface area contributed by atoms with Crippen LogP contribution in [0, 0.1) is 0 Å². The van der Waals surface area contributed by atoms with E-state index >= 15 is 0 Å². The van der Waals surface area contributed by atoms with E-state index in [4.69, 9.17) is 14.2 Å². The minimum Gasteiger partial charge on any atom is -0.462 e. The maximum Gasteiger partial charge on any atom is 0.306 e. The third-order valence-electron chi connectivity index (χ3n) is 13.1. The first-order chi connectivity index (χ1) is 40.5. The Hall–Kier alpha value is -5.49. The van der Waals surface area contributed by atoms with Crippen molar-refractivity contribution in [3.05, 3.63) is 182 Å². The van der Waals surface area contributed by atoms with Gasteiger partial charge in [0.25, 0.3) is 0 Å². The normalized spacial score (nSPS) is 13.4. The number of rotatable bonds is 57. The molecule has 0 rings (SSSR count). The van der Waals surface area contributed by atoms with Gasteiger partial charge in [0.05, 0.1) is 0 Å². The van der Waals surface area contributed by atoms with Gasteiger partial charge >= 0.3 is 17.9 Å². The summed E-state index contributed by atoms with van der Waals surface area (Å²) in [4.78, 5) is 38.3. The molecular formula is C76H118O6. The lowest BCUT2D eigenvalue weighted by Crippen LogP contribution is -2.30. The summed E-state index contributed by atoms with van der Waals surface area (Å²) < 4.78 is 16.9. The SMILES string of the molecule is CC/C=C\C/C=C\C/C=C\C/C=C\C/C=C\C/C=C\C/C=C\CCCCCCCCCC(=O)OCC(COC(=O)CCCCCCC/C=C\C/C=C\CCCC)OC(=O)CCCC/C=C\C/C=C\C/C=C\C/C=C\C/C=C\C/C=C\CC. The van der Waals surface area contributed by atoms with Gasteiger partial charge in [0.15, 0.2) is 6.10 Å². The fourth-order valence-electron chi connectivity index (χ4n) is 8.26. The monoisotopic (exact) mass is 1130 g/mol. The highest BCUT2D eigenvalue weighted by molar-refractivity contribution is 5.71. The predicted octanol–water partition coefficient (Wildman–Crippen LogP) is 22.8. The molecule has 0 aromatic heterocycles. The number of ether oxygens (including phenoxy) is 3. The van der Waals surface area contributed by atoms with Crippen molar-refractivity contribution in [2.24, 2.45) is 0 Å². The molecule has 0 amide bonds. The molecule has 0 N–H and O–H groups in total. The van der Waals surface area contributed by atoms with E-state index in [-0.39, 0.29) is 37.5 Å². The average Bonchev–Trinajstić information content (AvgIpc) is 3.47. The minimum atomic E-state index is -0.824. The van der Waals surface area contributed by atoms with Gasteiger partial charge in [-0.25, -0.2) is 0 Å². The van der Waals surface area contributed by atoms with Crippen molar-refractivity contribution in [1.29, 1.82) is 0 Å². The number of allylic oxidation sites excluding steroid dienone is 30. The van der Waals surface area contributed by atoms with Crippen LogP contribution in [0.4, 0.5) is 0 Å². The van der Waals surface area contributed by atoms with Gasteiger partial charge in [0, 0.05) is 19.3 Å². The van der Waals surface area contributed by atoms with Crippen LogP contribution in [0.1, 0.15) is 258 Å². The minimum absolute atomic E-state index is 0.115.